The molecule has 0 aliphatic carbocycles. The maximum atomic E-state index is 12.8. The highest BCUT2D eigenvalue weighted by molar-refractivity contribution is 6.01. The van der Waals surface area contributed by atoms with Gasteiger partial charge in [-0.2, -0.15) is 0 Å². The molecule has 1 heterocycles. The summed E-state index contributed by atoms with van der Waals surface area (Å²) in [6, 6.07) is 18.4. The summed E-state index contributed by atoms with van der Waals surface area (Å²) in [4.78, 5) is 16.8. The summed E-state index contributed by atoms with van der Waals surface area (Å²) < 4.78 is 1.85. The number of hydrogen-bond acceptors (Lipinski definition) is 2. The number of rotatable bonds is 6. The minimum Gasteiger partial charge on any atom is -0.324 e. The molecule has 1 aromatic heterocycles. The molecule has 3 heteroatoms. The predicted molar refractivity (Wildman–Crippen MR) is 96.2 cm³/mol. The van der Waals surface area contributed by atoms with Gasteiger partial charge < -0.3 is 4.57 Å². The summed E-state index contributed by atoms with van der Waals surface area (Å²) in [5, 5.41) is 0. The van der Waals surface area contributed by atoms with Crippen molar-refractivity contribution in [2.75, 3.05) is 0 Å². The molecule has 0 saturated carbocycles. The zero-order valence-corrected chi connectivity index (χ0v) is 14.1. The van der Waals surface area contributed by atoms with Gasteiger partial charge in [0.15, 0.2) is 5.78 Å². The molecule has 0 N–H and O–H groups in total. The van der Waals surface area contributed by atoms with Crippen LogP contribution in [0.2, 0.25) is 0 Å². The largest absolute Gasteiger partial charge is 0.324 e. The number of carbonyl (C=O) groups is 1. The highest BCUT2D eigenvalue weighted by atomic mass is 16.1. The number of nitrogens with zero attached hydrogens (tertiary/aromatic N) is 2. The normalized spacial score (nSPS) is 11.4. The molecule has 0 atom stereocenters. The summed E-state index contributed by atoms with van der Waals surface area (Å²) in [6.45, 7) is 3.83. The second kappa shape index (κ2) is 6.83. The average Bonchev–Trinajstić information content (AvgIpc) is 3.16. The molecule has 24 heavy (non-hydrogen) atoms. The van der Waals surface area contributed by atoms with Crippen LogP contribution in [0, 0.1) is 0 Å². The Bertz CT molecular complexity index is 788. The lowest BCUT2D eigenvalue weighted by Crippen LogP contribution is -2.35. The molecule has 3 rings (SSSR count). The van der Waals surface area contributed by atoms with Crippen LogP contribution in [0.1, 0.15) is 35.3 Å². The van der Waals surface area contributed by atoms with Gasteiger partial charge >= 0.3 is 0 Å². The van der Waals surface area contributed by atoms with Crippen LogP contribution in [0.4, 0.5) is 0 Å². The van der Waals surface area contributed by atoms with E-state index in [1.165, 1.54) is 11.1 Å². The van der Waals surface area contributed by atoms with Gasteiger partial charge in [0, 0.05) is 18.0 Å². The number of aryl methyl sites for hydroxylation is 2. The zero-order valence-electron chi connectivity index (χ0n) is 14.1. The van der Waals surface area contributed by atoms with E-state index >= 15 is 0 Å². The Morgan fingerprint density at radius 3 is 2.17 bits per heavy atom. The lowest BCUT2D eigenvalue weighted by atomic mass is 9.92. The number of imidazole rings is 1. The van der Waals surface area contributed by atoms with Gasteiger partial charge in [-0.1, -0.05) is 54.6 Å². The summed E-state index contributed by atoms with van der Waals surface area (Å²) in [5.74, 6) is 0.0927. The first-order valence-corrected chi connectivity index (χ1v) is 8.23. The maximum Gasteiger partial charge on any atom is 0.188 e. The van der Waals surface area contributed by atoms with Gasteiger partial charge in [0.2, 0.25) is 0 Å². The van der Waals surface area contributed by atoms with Crippen LogP contribution in [0.5, 0.6) is 0 Å². The van der Waals surface area contributed by atoms with Crippen molar-refractivity contribution in [3.8, 4) is 0 Å². The Hall–Kier alpha value is -2.68. The number of ketones is 1. The average molecular weight is 318 g/mol. The van der Waals surface area contributed by atoms with E-state index < -0.39 is 5.54 Å². The van der Waals surface area contributed by atoms with E-state index in [-0.39, 0.29) is 5.78 Å². The molecular weight excluding hydrogens is 296 g/mol. The summed E-state index contributed by atoms with van der Waals surface area (Å²) in [6.07, 6.45) is 7.19. The summed E-state index contributed by atoms with van der Waals surface area (Å²) >= 11 is 0. The van der Waals surface area contributed by atoms with Crippen molar-refractivity contribution in [3.05, 3.63) is 90.0 Å². The quantitative estimate of drug-likeness (QED) is 0.636. The fraction of sp³-hybridized carbons (Fsp3) is 0.238. The predicted octanol–water partition coefficient (Wildman–Crippen LogP) is 4.29. The molecule has 0 saturated heterocycles. The second-order valence-electron chi connectivity index (χ2n) is 6.54. The van der Waals surface area contributed by atoms with Crippen molar-refractivity contribution < 1.29 is 4.79 Å². The smallest absolute Gasteiger partial charge is 0.188 e. The minimum absolute atomic E-state index is 0.0927. The number of benzene rings is 2. The maximum absolute atomic E-state index is 12.8. The van der Waals surface area contributed by atoms with E-state index in [9.17, 15) is 4.79 Å². The van der Waals surface area contributed by atoms with Crippen LogP contribution in [0.15, 0.2) is 73.3 Å². The molecular formula is C21H22N2O. The van der Waals surface area contributed by atoms with Gasteiger partial charge in [0.25, 0.3) is 0 Å². The Morgan fingerprint density at radius 2 is 1.58 bits per heavy atom. The van der Waals surface area contributed by atoms with Gasteiger partial charge in [0.1, 0.15) is 5.54 Å². The highest BCUT2D eigenvalue weighted by Crippen LogP contribution is 2.21. The van der Waals surface area contributed by atoms with E-state index in [1.54, 1.807) is 12.5 Å². The first-order valence-electron chi connectivity index (χ1n) is 8.23. The molecule has 2 aromatic carbocycles. The number of carbonyl (C=O) groups excluding carboxylic acids is 1. The molecule has 3 aromatic rings. The van der Waals surface area contributed by atoms with Crippen molar-refractivity contribution in [2.45, 2.75) is 32.2 Å². The third-order valence-electron chi connectivity index (χ3n) is 4.47. The topological polar surface area (TPSA) is 34.9 Å². The van der Waals surface area contributed by atoms with Crippen molar-refractivity contribution in [1.82, 2.24) is 9.55 Å². The standard InChI is InChI=1S/C21H22N2O/c1-21(2,23-15-14-22-16-23)20(24)19-12-10-18(11-13-19)9-8-17-6-4-3-5-7-17/h3-7,10-16H,8-9H2,1-2H3. The highest BCUT2D eigenvalue weighted by Gasteiger charge is 2.29. The van der Waals surface area contributed by atoms with E-state index in [0.717, 1.165) is 18.4 Å². The first-order chi connectivity index (χ1) is 11.6. The third-order valence-corrected chi connectivity index (χ3v) is 4.47. The number of hydrogen-bond donors (Lipinski definition) is 0. The summed E-state index contributed by atoms with van der Waals surface area (Å²) in [5.41, 5.74) is 2.68. The zero-order chi connectivity index (χ0) is 17.0. The Kier molecular flexibility index (Phi) is 4.61. The van der Waals surface area contributed by atoms with Crippen molar-refractivity contribution in [3.63, 3.8) is 0 Å². The molecule has 122 valence electrons. The third kappa shape index (κ3) is 3.46. The molecule has 0 amide bonds. The van der Waals surface area contributed by atoms with Crippen LogP contribution in [-0.4, -0.2) is 15.3 Å². The van der Waals surface area contributed by atoms with Gasteiger partial charge in [0.05, 0.1) is 6.33 Å². The number of Topliss-reactive ketones (excluding diaryl/α,β-unsaturated/α-hetero) is 1. The molecule has 0 unspecified atom stereocenters. The molecule has 0 aliphatic rings. The molecule has 0 aliphatic heterocycles. The van der Waals surface area contributed by atoms with Gasteiger partial charge in [-0.15, -0.1) is 0 Å². The van der Waals surface area contributed by atoms with Crippen LogP contribution >= 0.6 is 0 Å². The minimum atomic E-state index is -0.637. The van der Waals surface area contributed by atoms with Crippen LogP contribution < -0.4 is 0 Å². The first kappa shape index (κ1) is 16.2. The molecule has 0 bridgehead atoms. The second-order valence-corrected chi connectivity index (χ2v) is 6.54. The van der Waals surface area contributed by atoms with Gasteiger partial charge in [-0.25, -0.2) is 4.98 Å². The SMILES string of the molecule is CC(C)(C(=O)c1ccc(CCc2ccccc2)cc1)n1ccnc1. The Balaban J connectivity index is 1.69. The lowest BCUT2D eigenvalue weighted by Gasteiger charge is -2.25. The molecule has 0 spiro atoms. The van der Waals surface area contributed by atoms with Crippen LogP contribution in [0.25, 0.3) is 0 Å². The van der Waals surface area contributed by atoms with Gasteiger partial charge in [-0.3, -0.25) is 4.79 Å². The lowest BCUT2D eigenvalue weighted by molar-refractivity contribution is 0.0847. The molecule has 0 radical (unpaired) electrons. The Labute approximate surface area is 143 Å². The Morgan fingerprint density at radius 1 is 0.958 bits per heavy atom. The van der Waals surface area contributed by atoms with E-state index in [0.29, 0.717) is 0 Å². The van der Waals surface area contributed by atoms with Crippen molar-refractivity contribution in [1.29, 1.82) is 0 Å². The molecule has 0 fully saturated rings. The monoisotopic (exact) mass is 318 g/mol. The van der Waals surface area contributed by atoms with E-state index in [2.05, 4.69) is 41.4 Å². The fourth-order valence-corrected chi connectivity index (χ4v) is 2.82. The van der Waals surface area contributed by atoms with Crippen molar-refractivity contribution in [2.24, 2.45) is 0 Å². The van der Waals surface area contributed by atoms with Crippen molar-refractivity contribution >= 4 is 5.78 Å². The van der Waals surface area contributed by atoms with Crippen LogP contribution in [0.3, 0.4) is 0 Å². The van der Waals surface area contributed by atoms with E-state index in [4.69, 9.17) is 0 Å². The van der Waals surface area contributed by atoms with E-state index in [1.807, 2.05) is 42.8 Å². The number of aromatic nitrogens is 2. The van der Waals surface area contributed by atoms with Gasteiger partial charge in [-0.05, 0) is 37.8 Å². The van der Waals surface area contributed by atoms with Crippen LogP contribution in [-0.2, 0) is 18.4 Å². The summed E-state index contributed by atoms with van der Waals surface area (Å²) in [7, 11) is 0. The molecule has 3 nitrogen and oxygen atoms in total. The fourth-order valence-electron chi connectivity index (χ4n) is 2.82.